The molecule has 0 amide bonds. The van der Waals surface area contributed by atoms with Crippen molar-refractivity contribution in [2.24, 2.45) is 0 Å². The van der Waals surface area contributed by atoms with Gasteiger partial charge in [-0.25, -0.2) is 0 Å². The lowest BCUT2D eigenvalue weighted by Crippen LogP contribution is -2.59. The molecule has 14 heavy (non-hydrogen) atoms. The van der Waals surface area contributed by atoms with Crippen LogP contribution in [-0.2, 0) is 8.85 Å². The quantitative estimate of drug-likeness (QED) is 0.658. The highest BCUT2D eigenvalue weighted by Crippen LogP contribution is 2.60. The zero-order valence-corrected chi connectivity index (χ0v) is 11.4. The standard InChI is InChI=1S/C11H24O2Si/c1-10(2)8-7-9-11(3,4)14(10,12-5)13-6/h7-9H2,1-6H3. The van der Waals surface area contributed by atoms with Crippen LogP contribution in [0.3, 0.4) is 0 Å². The molecule has 3 heteroatoms. The molecule has 1 heterocycles. The van der Waals surface area contributed by atoms with E-state index >= 15 is 0 Å². The molecule has 0 saturated carbocycles. The van der Waals surface area contributed by atoms with Crippen LogP contribution in [0.1, 0.15) is 47.0 Å². The second kappa shape index (κ2) is 3.61. The Morgan fingerprint density at radius 1 is 0.857 bits per heavy atom. The summed E-state index contributed by atoms with van der Waals surface area (Å²) in [6.07, 6.45) is 3.75. The summed E-state index contributed by atoms with van der Waals surface area (Å²) in [6.45, 7) is 9.19. The van der Waals surface area contributed by atoms with Crippen molar-refractivity contribution in [3.8, 4) is 0 Å². The molecule has 0 radical (unpaired) electrons. The van der Waals surface area contributed by atoms with Crippen molar-refractivity contribution in [3.63, 3.8) is 0 Å². The van der Waals surface area contributed by atoms with Gasteiger partial charge in [-0.2, -0.15) is 0 Å². The summed E-state index contributed by atoms with van der Waals surface area (Å²) in [5, 5.41) is 0.441. The topological polar surface area (TPSA) is 18.5 Å². The molecule has 0 aromatic heterocycles. The van der Waals surface area contributed by atoms with E-state index in [1.54, 1.807) is 0 Å². The highest BCUT2D eigenvalue weighted by atomic mass is 28.4. The van der Waals surface area contributed by atoms with Gasteiger partial charge in [0.1, 0.15) is 0 Å². The van der Waals surface area contributed by atoms with Crippen LogP contribution in [0.5, 0.6) is 0 Å². The van der Waals surface area contributed by atoms with Gasteiger partial charge >= 0.3 is 8.56 Å². The average Bonchev–Trinajstić information content (AvgIpc) is 2.03. The fourth-order valence-corrected chi connectivity index (χ4v) is 8.63. The molecule has 0 bridgehead atoms. The molecule has 0 N–H and O–H groups in total. The Bertz CT molecular complexity index is 189. The maximum absolute atomic E-state index is 5.88. The molecular formula is C11H24O2Si. The van der Waals surface area contributed by atoms with E-state index in [1.165, 1.54) is 19.3 Å². The van der Waals surface area contributed by atoms with Gasteiger partial charge in [0, 0.05) is 24.3 Å². The van der Waals surface area contributed by atoms with Crippen LogP contribution >= 0.6 is 0 Å². The van der Waals surface area contributed by atoms with Crippen molar-refractivity contribution >= 4 is 8.56 Å². The minimum absolute atomic E-state index is 0.220. The van der Waals surface area contributed by atoms with E-state index in [2.05, 4.69) is 27.7 Å². The Labute approximate surface area is 89.2 Å². The van der Waals surface area contributed by atoms with Crippen molar-refractivity contribution in [2.45, 2.75) is 57.0 Å². The summed E-state index contributed by atoms with van der Waals surface area (Å²) in [6, 6.07) is 0. The first-order valence-electron chi connectivity index (χ1n) is 5.43. The van der Waals surface area contributed by atoms with Crippen LogP contribution in [0.25, 0.3) is 0 Å². The molecule has 0 spiro atoms. The number of rotatable bonds is 2. The lowest BCUT2D eigenvalue weighted by molar-refractivity contribution is 0.153. The summed E-state index contributed by atoms with van der Waals surface area (Å²) < 4.78 is 11.8. The minimum atomic E-state index is -2.09. The largest absolute Gasteiger partial charge is 0.397 e. The van der Waals surface area contributed by atoms with Crippen LogP contribution in [0, 0.1) is 0 Å². The first-order valence-corrected chi connectivity index (χ1v) is 7.25. The molecule has 0 aromatic carbocycles. The fraction of sp³-hybridized carbons (Fsp3) is 1.00. The summed E-state index contributed by atoms with van der Waals surface area (Å²) in [5.74, 6) is 0. The van der Waals surface area contributed by atoms with E-state index in [0.717, 1.165) is 0 Å². The molecule has 1 aliphatic rings. The highest BCUT2D eigenvalue weighted by Gasteiger charge is 2.62. The van der Waals surface area contributed by atoms with Crippen molar-refractivity contribution in [3.05, 3.63) is 0 Å². The van der Waals surface area contributed by atoms with Gasteiger partial charge in [0.2, 0.25) is 0 Å². The maximum Gasteiger partial charge on any atom is 0.349 e. The Kier molecular flexibility index (Phi) is 3.15. The van der Waals surface area contributed by atoms with Gasteiger partial charge in [0.25, 0.3) is 0 Å². The molecule has 1 aliphatic heterocycles. The zero-order chi connectivity index (χ0) is 11.0. The number of hydrogen-bond acceptors (Lipinski definition) is 2. The summed E-state index contributed by atoms with van der Waals surface area (Å²) in [4.78, 5) is 0. The molecule has 0 atom stereocenters. The average molecular weight is 216 g/mol. The molecule has 84 valence electrons. The van der Waals surface area contributed by atoms with Gasteiger partial charge < -0.3 is 8.85 Å². The maximum atomic E-state index is 5.88. The van der Waals surface area contributed by atoms with Gasteiger partial charge in [0.15, 0.2) is 0 Å². The van der Waals surface area contributed by atoms with E-state index in [0.29, 0.717) is 0 Å². The third-order valence-corrected chi connectivity index (χ3v) is 9.17. The first-order chi connectivity index (χ1) is 6.33. The Morgan fingerprint density at radius 3 is 1.43 bits per heavy atom. The Morgan fingerprint density at radius 2 is 1.21 bits per heavy atom. The van der Waals surface area contributed by atoms with Crippen molar-refractivity contribution in [2.75, 3.05) is 14.2 Å². The van der Waals surface area contributed by atoms with Gasteiger partial charge in [-0.1, -0.05) is 34.1 Å². The first kappa shape index (κ1) is 12.2. The van der Waals surface area contributed by atoms with Crippen LogP contribution < -0.4 is 0 Å². The van der Waals surface area contributed by atoms with E-state index in [1.807, 2.05) is 14.2 Å². The lowest BCUT2D eigenvalue weighted by Gasteiger charge is -2.54. The zero-order valence-electron chi connectivity index (χ0n) is 10.4. The molecule has 1 saturated heterocycles. The molecule has 1 fully saturated rings. The normalized spacial score (nSPS) is 28.7. The molecule has 0 aromatic rings. The summed E-state index contributed by atoms with van der Waals surface area (Å²) >= 11 is 0. The van der Waals surface area contributed by atoms with Crippen molar-refractivity contribution in [1.29, 1.82) is 0 Å². The van der Waals surface area contributed by atoms with E-state index < -0.39 is 8.56 Å². The van der Waals surface area contributed by atoms with E-state index in [9.17, 15) is 0 Å². The minimum Gasteiger partial charge on any atom is -0.397 e. The second-order valence-corrected chi connectivity index (χ2v) is 10.4. The van der Waals surface area contributed by atoms with Crippen molar-refractivity contribution < 1.29 is 8.85 Å². The SMILES string of the molecule is CO[Si]1(OC)C(C)(C)CCCC1(C)C. The predicted octanol–water partition coefficient (Wildman–Crippen LogP) is 3.47. The molecule has 0 aliphatic carbocycles. The van der Waals surface area contributed by atoms with E-state index in [-0.39, 0.29) is 10.1 Å². The second-order valence-electron chi connectivity index (χ2n) is 5.65. The van der Waals surface area contributed by atoms with E-state index in [4.69, 9.17) is 8.85 Å². The predicted molar refractivity (Wildman–Crippen MR) is 61.7 cm³/mol. The summed E-state index contributed by atoms with van der Waals surface area (Å²) in [5.41, 5.74) is 0. The highest BCUT2D eigenvalue weighted by molar-refractivity contribution is 6.73. The van der Waals surface area contributed by atoms with Gasteiger partial charge in [-0.15, -0.1) is 0 Å². The summed E-state index contributed by atoms with van der Waals surface area (Å²) in [7, 11) is 1.56. The molecular weight excluding hydrogens is 192 g/mol. The third kappa shape index (κ3) is 1.46. The molecule has 2 nitrogen and oxygen atoms in total. The van der Waals surface area contributed by atoms with Gasteiger partial charge in [-0.3, -0.25) is 0 Å². The van der Waals surface area contributed by atoms with Crippen LogP contribution in [-0.4, -0.2) is 22.8 Å². The third-order valence-electron chi connectivity index (χ3n) is 3.96. The van der Waals surface area contributed by atoms with Crippen LogP contribution in [0.15, 0.2) is 0 Å². The smallest absolute Gasteiger partial charge is 0.349 e. The monoisotopic (exact) mass is 216 g/mol. The van der Waals surface area contributed by atoms with Crippen LogP contribution in [0.2, 0.25) is 10.1 Å². The van der Waals surface area contributed by atoms with Gasteiger partial charge in [0.05, 0.1) is 0 Å². The fourth-order valence-electron chi connectivity index (χ4n) is 3.41. The lowest BCUT2D eigenvalue weighted by atomic mass is 9.97. The Balaban J connectivity index is 3.13. The number of hydrogen-bond donors (Lipinski definition) is 0. The molecule has 0 unspecified atom stereocenters. The van der Waals surface area contributed by atoms with Crippen molar-refractivity contribution in [1.82, 2.24) is 0 Å². The van der Waals surface area contributed by atoms with Gasteiger partial charge in [-0.05, 0) is 12.8 Å². The Hall–Kier alpha value is 0.137. The molecule has 1 rings (SSSR count). The van der Waals surface area contributed by atoms with Crippen LogP contribution in [0.4, 0.5) is 0 Å².